The largest absolute Gasteiger partial charge is 0.358 e. The van der Waals surface area contributed by atoms with Crippen LogP contribution in [-0.4, -0.2) is 15.0 Å². The molecular formula is C16H13N3. The van der Waals surface area contributed by atoms with E-state index < -0.39 is 0 Å². The number of nitrogens with zero attached hydrogens (tertiary/aromatic N) is 1. The second kappa shape index (κ2) is 3.99. The number of rotatable bonds is 2. The van der Waals surface area contributed by atoms with Crippen LogP contribution in [0.3, 0.4) is 0 Å². The maximum absolute atomic E-state index is 4.60. The van der Waals surface area contributed by atoms with Crippen molar-refractivity contribution in [1.82, 2.24) is 15.0 Å². The Balaban J connectivity index is 1.73. The quantitative estimate of drug-likeness (QED) is 0.558. The van der Waals surface area contributed by atoms with Gasteiger partial charge in [-0.15, -0.1) is 0 Å². The standard InChI is InChI=1S/C16H13N3/c1-2-6-13-11(5-1)9-12(17-13)10-16-18-14-7-3-4-8-15(14)19-16/h1-9,17H,10H2,(H,18,19). The summed E-state index contributed by atoms with van der Waals surface area (Å²) >= 11 is 0. The van der Waals surface area contributed by atoms with Crippen molar-refractivity contribution in [3.8, 4) is 0 Å². The summed E-state index contributed by atoms with van der Waals surface area (Å²) in [4.78, 5) is 11.4. The molecule has 2 N–H and O–H groups in total. The first-order chi connectivity index (χ1) is 9.38. The third-order valence-electron chi connectivity index (χ3n) is 3.38. The van der Waals surface area contributed by atoms with Crippen molar-refractivity contribution < 1.29 is 0 Å². The molecule has 0 bridgehead atoms. The first-order valence-corrected chi connectivity index (χ1v) is 6.39. The number of nitrogens with one attached hydrogen (secondary N) is 2. The summed E-state index contributed by atoms with van der Waals surface area (Å²) in [5.74, 6) is 0.993. The van der Waals surface area contributed by atoms with E-state index in [-0.39, 0.29) is 0 Å². The van der Waals surface area contributed by atoms with Gasteiger partial charge in [0.15, 0.2) is 0 Å². The normalized spacial score (nSPS) is 11.4. The maximum atomic E-state index is 4.60. The summed E-state index contributed by atoms with van der Waals surface area (Å²) < 4.78 is 0. The molecule has 0 radical (unpaired) electrons. The third kappa shape index (κ3) is 1.80. The molecule has 0 aliphatic heterocycles. The highest BCUT2D eigenvalue weighted by Crippen LogP contribution is 2.18. The Labute approximate surface area is 110 Å². The maximum Gasteiger partial charge on any atom is 0.113 e. The molecule has 19 heavy (non-hydrogen) atoms. The summed E-state index contributed by atoms with van der Waals surface area (Å²) in [6.45, 7) is 0. The number of benzene rings is 2. The van der Waals surface area contributed by atoms with E-state index in [4.69, 9.17) is 0 Å². The van der Waals surface area contributed by atoms with Crippen LogP contribution in [0.1, 0.15) is 11.5 Å². The van der Waals surface area contributed by atoms with Crippen molar-refractivity contribution in [2.75, 3.05) is 0 Å². The number of fused-ring (bicyclic) bond motifs is 2. The molecule has 92 valence electrons. The first-order valence-electron chi connectivity index (χ1n) is 6.39. The van der Waals surface area contributed by atoms with Crippen molar-refractivity contribution >= 4 is 21.9 Å². The van der Waals surface area contributed by atoms with Gasteiger partial charge in [0, 0.05) is 17.6 Å². The van der Waals surface area contributed by atoms with Gasteiger partial charge in [0.1, 0.15) is 5.82 Å². The van der Waals surface area contributed by atoms with E-state index in [9.17, 15) is 0 Å². The van der Waals surface area contributed by atoms with Crippen molar-refractivity contribution in [3.63, 3.8) is 0 Å². The predicted molar refractivity (Wildman–Crippen MR) is 77.2 cm³/mol. The number of hydrogen-bond acceptors (Lipinski definition) is 1. The average Bonchev–Trinajstić information content (AvgIpc) is 3.00. The van der Waals surface area contributed by atoms with E-state index in [2.05, 4.69) is 45.3 Å². The topological polar surface area (TPSA) is 44.5 Å². The molecule has 0 atom stereocenters. The van der Waals surface area contributed by atoms with E-state index in [1.165, 1.54) is 16.6 Å². The SMILES string of the molecule is c1ccc2[nH]c(Cc3nc4ccccc4[nH]3)cc2c1. The first kappa shape index (κ1) is 10.4. The molecular weight excluding hydrogens is 234 g/mol. The van der Waals surface area contributed by atoms with Crippen LogP contribution in [0.25, 0.3) is 21.9 Å². The lowest BCUT2D eigenvalue weighted by molar-refractivity contribution is 1.01. The number of imidazole rings is 1. The lowest BCUT2D eigenvalue weighted by atomic mass is 10.2. The van der Waals surface area contributed by atoms with Crippen LogP contribution in [0.2, 0.25) is 0 Å². The van der Waals surface area contributed by atoms with E-state index in [1.54, 1.807) is 0 Å². The second-order valence-corrected chi connectivity index (χ2v) is 4.76. The van der Waals surface area contributed by atoms with Gasteiger partial charge in [-0.2, -0.15) is 0 Å². The van der Waals surface area contributed by atoms with Gasteiger partial charge < -0.3 is 9.97 Å². The number of H-pyrrole nitrogens is 2. The van der Waals surface area contributed by atoms with E-state index in [0.717, 1.165) is 23.3 Å². The van der Waals surface area contributed by atoms with E-state index in [1.807, 2.05) is 24.3 Å². The summed E-state index contributed by atoms with van der Waals surface area (Å²) in [6.07, 6.45) is 0.795. The van der Waals surface area contributed by atoms with Gasteiger partial charge in [0.25, 0.3) is 0 Å². The van der Waals surface area contributed by atoms with Crippen LogP contribution in [0.15, 0.2) is 54.6 Å². The van der Waals surface area contributed by atoms with Crippen LogP contribution in [0, 0.1) is 0 Å². The lowest BCUT2D eigenvalue weighted by Crippen LogP contribution is -1.90. The second-order valence-electron chi connectivity index (χ2n) is 4.76. The Kier molecular flexibility index (Phi) is 2.18. The Morgan fingerprint density at radius 3 is 2.47 bits per heavy atom. The van der Waals surface area contributed by atoms with Crippen molar-refractivity contribution in [2.45, 2.75) is 6.42 Å². The van der Waals surface area contributed by atoms with Crippen LogP contribution in [-0.2, 0) is 6.42 Å². The molecule has 0 unspecified atom stereocenters. The summed E-state index contributed by atoms with van der Waals surface area (Å²) in [5, 5.41) is 1.24. The number of aromatic nitrogens is 3. The molecule has 4 aromatic rings. The fourth-order valence-electron chi connectivity index (χ4n) is 2.50. The highest BCUT2D eigenvalue weighted by molar-refractivity contribution is 5.80. The van der Waals surface area contributed by atoms with Crippen molar-refractivity contribution in [1.29, 1.82) is 0 Å². The average molecular weight is 247 g/mol. The zero-order chi connectivity index (χ0) is 12.7. The zero-order valence-electron chi connectivity index (χ0n) is 10.4. The monoisotopic (exact) mass is 247 g/mol. The summed E-state index contributed by atoms with van der Waals surface area (Å²) in [7, 11) is 0. The Morgan fingerprint density at radius 2 is 1.63 bits per heavy atom. The fraction of sp³-hybridized carbons (Fsp3) is 0.0625. The van der Waals surface area contributed by atoms with Crippen LogP contribution in [0.5, 0.6) is 0 Å². The minimum absolute atomic E-state index is 0.795. The molecule has 4 rings (SSSR count). The minimum Gasteiger partial charge on any atom is -0.358 e. The van der Waals surface area contributed by atoms with Crippen molar-refractivity contribution in [3.05, 3.63) is 66.1 Å². The Bertz CT molecular complexity index is 716. The zero-order valence-corrected chi connectivity index (χ0v) is 10.4. The molecule has 0 saturated carbocycles. The highest BCUT2D eigenvalue weighted by Gasteiger charge is 2.05. The van der Waals surface area contributed by atoms with Crippen LogP contribution < -0.4 is 0 Å². The molecule has 0 spiro atoms. The third-order valence-corrected chi connectivity index (χ3v) is 3.38. The van der Waals surface area contributed by atoms with Gasteiger partial charge >= 0.3 is 0 Å². The van der Waals surface area contributed by atoms with Crippen LogP contribution in [0.4, 0.5) is 0 Å². The molecule has 2 heterocycles. The van der Waals surface area contributed by atoms with Gasteiger partial charge in [0.05, 0.1) is 11.0 Å². The minimum atomic E-state index is 0.795. The van der Waals surface area contributed by atoms with Gasteiger partial charge in [-0.3, -0.25) is 0 Å². The molecule has 2 aromatic carbocycles. The molecule has 0 amide bonds. The lowest BCUT2D eigenvalue weighted by Gasteiger charge is -1.92. The van der Waals surface area contributed by atoms with Crippen LogP contribution >= 0.6 is 0 Å². The smallest absolute Gasteiger partial charge is 0.113 e. The summed E-state index contributed by atoms with van der Waals surface area (Å²) in [6, 6.07) is 18.6. The molecule has 3 heteroatoms. The predicted octanol–water partition coefficient (Wildman–Crippen LogP) is 3.64. The molecule has 0 fully saturated rings. The molecule has 0 aliphatic rings. The number of hydrogen-bond donors (Lipinski definition) is 2. The van der Waals surface area contributed by atoms with Gasteiger partial charge in [-0.05, 0) is 29.7 Å². The van der Waals surface area contributed by atoms with Gasteiger partial charge in [-0.1, -0.05) is 30.3 Å². The molecule has 3 nitrogen and oxygen atoms in total. The van der Waals surface area contributed by atoms with Gasteiger partial charge in [-0.25, -0.2) is 4.98 Å². The molecule has 2 aromatic heterocycles. The van der Waals surface area contributed by atoms with E-state index >= 15 is 0 Å². The number of para-hydroxylation sites is 3. The Morgan fingerprint density at radius 1 is 0.842 bits per heavy atom. The molecule has 0 aliphatic carbocycles. The fourth-order valence-corrected chi connectivity index (χ4v) is 2.50. The van der Waals surface area contributed by atoms with Gasteiger partial charge in [0.2, 0.25) is 0 Å². The van der Waals surface area contributed by atoms with Crippen molar-refractivity contribution in [2.24, 2.45) is 0 Å². The highest BCUT2D eigenvalue weighted by atomic mass is 14.9. The summed E-state index contributed by atoms with van der Waals surface area (Å²) in [5.41, 5.74) is 4.47. The van der Waals surface area contributed by atoms with E-state index in [0.29, 0.717) is 0 Å². The molecule has 0 saturated heterocycles. The number of aromatic amines is 2. The Hall–Kier alpha value is -2.55.